The van der Waals surface area contributed by atoms with E-state index in [4.69, 9.17) is 0 Å². The van der Waals surface area contributed by atoms with Gasteiger partial charge in [-0.2, -0.15) is 8.78 Å². The number of benzene rings is 3. The second-order valence-electron chi connectivity index (χ2n) is 6.08. The van der Waals surface area contributed by atoms with Crippen LogP contribution in [0.2, 0.25) is 0 Å². The number of hydrogen-bond acceptors (Lipinski definition) is 3. The molecule has 1 unspecified atom stereocenters. The van der Waals surface area contributed by atoms with Gasteiger partial charge in [0.05, 0.1) is 0 Å². The smallest absolute Gasteiger partial charge is 0.387 e. The number of rotatable bonds is 7. The fourth-order valence-electron chi connectivity index (χ4n) is 2.71. The molecule has 0 aliphatic heterocycles. The number of anilines is 1. The first kappa shape index (κ1) is 20.0. The van der Waals surface area contributed by atoms with Gasteiger partial charge in [-0.3, -0.25) is 9.59 Å². The maximum absolute atomic E-state index is 12.9. The first-order chi connectivity index (χ1) is 14.0. The van der Waals surface area contributed by atoms with Gasteiger partial charge in [0.25, 0.3) is 11.8 Å². The zero-order valence-electron chi connectivity index (χ0n) is 15.2. The number of halogens is 2. The summed E-state index contributed by atoms with van der Waals surface area (Å²) in [5.74, 6) is -1.01. The van der Waals surface area contributed by atoms with Gasteiger partial charge in [0.1, 0.15) is 11.8 Å². The predicted molar refractivity (Wildman–Crippen MR) is 105 cm³/mol. The van der Waals surface area contributed by atoms with E-state index in [1.807, 2.05) is 0 Å². The van der Waals surface area contributed by atoms with Gasteiger partial charge in [-0.25, -0.2) is 0 Å². The van der Waals surface area contributed by atoms with E-state index >= 15 is 0 Å². The molecule has 1 atom stereocenters. The summed E-state index contributed by atoms with van der Waals surface area (Å²) in [6.07, 6.45) is 0. The Morgan fingerprint density at radius 1 is 0.828 bits per heavy atom. The molecule has 0 fully saturated rings. The summed E-state index contributed by atoms with van der Waals surface area (Å²) in [6, 6.07) is 21.9. The second-order valence-corrected chi connectivity index (χ2v) is 6.08. The number of amides is 2. The van der Waals surface area contributed by atoms with E-state index < -0.39 is 24.5 Å². The van der Waals surface area contributed by atoms with Crippen LogP contribution in [-0.4, -0.2) is 18.4 Å². The van der Waals surface area contributed by atoms with Crippen LogP contribution in [0.4, 0.5) is 14.5 Å². The molecule has 0 radical (unpaired) electrons. The highest BCUT2D eigenvalue weighted by atomic mass is 19.3. The van der Waals surface area contributed by atoms with Crippen LogP contribution in [0.25, 0.3) is 0 Å². The van der Waals surface area contributed by atoms with Crippen molar-refractivity contribution in [3.05, 3.63) is 96.1 Å². The lowest BCUT2D eigenvalue weighted by molar-refractivity contribution is -0.118. The molecule has 0 aliphatic carbocycles. The average molecular weight is 396 g/mol. The van der Waals surface area contributed by atoms with Crippen molar-refractivity contribution >= 4 is 17.5 Å². The topological polar surface area (TPSA) is 67.4 Å². The Hall–Kier alpha value is -3.74. The van der Waals surface area contributed by atoms with Crippen LogP contribution in [0.15, 0.2) is 84.9 Å². The number of alkyl halides is 2. The van der Waals surface area contributed by atoms with E-state index in [1.165, 1.54) is 24.3 Å². The van der Waals surface area contributed by atoms with Gasteiger partial charge >= 0.3 is 6.61 Å². The summed E-state index contributed by atoms with van der Waals surface area (Å²) >= 11 is 0. The van der Waals surface area contributed by atoms with E-state index in [0.717, 1.165) is 0 Å². The molecule has 29 heavy (non-hydrogen) atoms. The van der Waals surface area contributed by atoms with Crippen molar-refractivity contribution in [2.75, 3.05) is 5.32 Å². The van der Waals surface area contributed by atoms with Crippen LogP contribution in [-0.2, 0) is 4.79 Å². The van der Waals surface area contributed by atoms with Crippen LogP contribution in [0.5, 0.6) is 5.75 Å². The quantitative estimate of drug-likeness (QED) is 0.622. The van der Waals surface area contributed by atoms with E-state index in [2.05, 4.69) is 15.4 Å². The molecule has 2 N–H and O–H groups in total. The molecule has 3 rings (SSSR count). The summed E-state index contributed by atoms with van der Waals surface area (Å²) < 4.78 is 29.2. The third-order valence-corrected chi connectivity index (χ3v) is 4.03. The Morgan fingerprint density at radius 3 is 2.14 bits per heavy atom. The second kappa shape index (κ2) is 9.45. The third-order valence-electron chi connectivity index (χ3n) is 4.03. The van der Waals surface area contributed by atoms with Crippen molar-refractivity contribution in [1.82, 2.24) is 5.32 Å². The van der Waals surface area contributed by atoms with Gasteiger partial charge in [0.2, 0.25) is 0 Å². The first-order valence-corrected chi connectivity index (χ1v) is 8.79. The van der Waals surface area contributed by atoms with Gasteiger partial charge < -0.3 is 15.4 Å². The standard InChI is InChI=1S/C22H18F2N2O3/c23-22(24)29-18-13-7-12-17(14-18)25-21(28)19(15-8-3-1-4-9-15)26-20(27)16-10-5-2-6-11-16/h1-14,19,22H,(H,25,28)(H,26,27). The SMILES string of the molecule is O=C(NC(C(=O)Nc1cccc(OC(F)F)c1)c1ccccc1)c1ccccc1. The van der Waals surface area contributed by atoms with Crippen LogP contribution in [0.3, 0.4) is 0 Å². The van der Waals surface area contributed by atoms with Gasteiger partial charge in [-0.05, 0) is 29.8 Å². The van der Waals surface area contributed by atoms with E-state index in [9.17, 15) is 18.4 Å². The van der Waals surface area contributed by atoms with E-state index in [1.54, 1.807) is 60.7 Å². The lowest BCUT2D eigenvalue weighted by Gasteiger charge is -2.19. The van der Waals surface area contributed by atoms with Gasteiger partial charge in [-0.15, -0.1) is 0 Å². The maximum atomic E-state index is 12.9. The fourth-order valence-corrected chi connectivity index (χ4v) is 2.71. The maximum Gasteiger partial charge on any atom is 0.387 e. The third kappa shape index (κ3) is 5.62. The molecule has 0 spiro atoms. The van der Waals surface area contributed by atoms with Crippen LogP contribution in [0, 0.1) is 0 Å². The van der Waals surface area contributed by atoms with Gasteiger partial charge in [0.15, 0.2) is 0 Å². The largest absolute Gasteiger partial charge is 0.435 e. The first-order valence-electron chi connectivity index (χ1n) is 8.79. The van der Waals surface area contributed by atoms with Crippen molar-refractivity contribution in [1.29, 1.82) is 0 Å². The Kier molecular flexibility index (Phi) is 6.52. The number of hydrogen-bond donors (Lipinski definition) is 2. The summed E-state index contributed by atoms with van der Waals surface area (Å²) in [5, 5.41) is 5.35. The minimum Gasteiger partial charge on any atom is -0.435 e. The minimum atomic E-state index is -2.97. The lowest BCUT2D eigenvalue weighted by atomic mass is 10.1. The predicted octanol–water partition coefficient (Wildman–Crippen LogP) is 4.40. The summed E-state index contributed by atoms with van der Waals surface area (Å²) in [4.78, 5) is 25.5. The van der Waals surface area contributed by atoms with E-state index in [0.29, 0.717) is 11.1 Å². The molecule has 3 aromatic carbocycles. The van der Waals surface area contributed by atoms with E-state index in [-0.39, 0.29) is 11.4 Å². The molecule has 2 amide bonds. The molecule has 3 aromatic rings. The van der Waals surface area contributed by atoms with Gasteiger partial charge in [0, 0.05) is 17.3 Å². The van der Waals surface area contributed by atoms with Crippen molar-refractivity contribution < 1.29 is 23.1 Å². The molecule has 0 aliphatic rings. The molecule has 148 valence electrons. The van der Waals surface area contributed by atoms with Crippen molar-refractivity contribution in [3.63, 3.8) is 0 Å². The zero-order valence-corrected chi connectivity index (χ0v) is 15.2. The highest BCUT2D eigenvalue weighted by molar-refractivity contribution is 6.01. The van der Waals surface area contributed by atoms with Crippen molar-refractivity contribution in [3.8, 4) is 5.75 Å². The molecule has 5 nitrogen and oxygen atoms in total. The van der Waals surface area contributed by atoms with Crippen molar-refractivity contribution in [2.24, 2.45) is 0 Å². The monoisotopic (exact) mass is 396 g/mol. The molecule has 0 aromatic heterocycles. The number of ether oxygens (including phenoxy) is 1. The average Bonchev–Trinajstić information content (AvgIpc) is 2.73. The fraction of sp³-hybridized carbons (Fsp3) is 0.0909. The summed E-state index contributed by atoms with van der Waals surface area (Å²) in [5.41, 5.74) is 1.26. The Morgan fingerprint density at radius 2 is 1.48 bits per heavy atom. The lowest BCUT2D eigenvalue weighted by Crippen LogP contribution is -2.37. The molecule has 0 bridgehead atoms. The van der Waals surface area contributed by atoms with Crippen LogP contribution < -0.4 is 15.4 Å². The molecule has 7 heteroatoms. The van der Waals surface area contributed by atoms with Gasteiger partial charge in [-0.1, -0.05) is 54.6 Å². The van der Waals surface area contributed by atoms with Crippen LogP contribution >= 0.6 is 0 Å². The summed E-state index contributed by atoms with van der Waals surface area (Å²) in [6.45, 7) is -2.97. The summed E-state index contributed by atoms with van der Waals surface area (Å²) in [7, 11) is 0. The molecule has 0 saturated carbocycles. The van der Waals surface area contributed by atoms with Crippen molar-refractivity contribution in [2.45, 2.75) is 12.7 Å². The number of nitrogens with one attached hydrogen (secondary N) is 2. The molecular weight excluding hydrogens is 378 g/mol. The Labute approximate surface area is 166 Å². The number of carbonyl (C=O) groups excluding carboxylic acids is 2. The normalized spacial score (nSPS) is 11.6. The zero-order chi connectivity index (χ0) is 20.6. The molecule has 0 saturated heterocycles. The molecule has 0 heterocycles. The van der Waals surface area contributed by atoms with Crippen LogP contribution in [0.1, 0.15) is 22.0 Å². The highest BCUT2D eigenvalue weighted by Crippen LogP contribution is 2.22. The Balaban J connectivity index is 1.81. The highest BCUT2D eigenvalue weighted by Gasteiger charge is 2.23. The molecular formula is C22H18F2N2O3. The number of carbonyl (C=O) groups is 2. The Bertz CT molecular complexity index is 966. The minimum absolute atomic E-state index is 0.0811.